The highest BCUT2D eigenvalue weighted by atomic mass is 32.2. The van der Waals surface area contributed by atoms with Gasteiger partial charge in [0.05, 0.1) is 10.8 Å². The summed E-state index contributed by atoms with van der Waals surface area (Å²) in [7, 11) is -1.23. The molecule has 0 aliphatic rings. The van der Waals surface area contributed by atoms with Gasteiger partial charge in [-0.1, -0.05) is 30.3 Å². The van der Waals surface area contributed by atoms with E-state index >= 15 is 0 Å². The highest BCUT2D eigenvalue weighted by Crippen LogP contribution is 2.18. The summed E-state index contributed by atoms with van der Waals surface area (Å²) in [6.07, 6.45) is 0.223. The maximum atomic E-state index is 12.3. The highest BCUT2D eigenvalue weighted by molar-refractivity contribution is 7.85. The van der Waals surface area contributed by atoms with Crippen LogP contribution < -0.4 is 5.73 Å². The standard InChI is InChI=1S/C16H17NO3S/c1-16(17,15(18)19)11-12-7-9-14(10-8-12)21(20)13-5-3-2-4-6-13/h2-10H,11,17H2,1H3,(H,18,19)/t16-,21?/m0/s1. The molecule has 21 heavy (non-hydrogen) atoms. The number of nitrogens with two attached hydrogens (primary N) is 1. The van der Waals surface area contributed by atoms with E-state index in [1.807, 2.05) is 30.3 Å². The van der Waals surface area contributed by atoms with Crippen molar-refractivity contribution < 1.29 is 14.1 Å². The quantitative estimate of drug-likeness (QED) is 0.887. The number of carboxylic acid groups (broad SMARTS) is 1. The van der Waals surface area contributed by atoms with E-state index in [2.05, 4.69) is 0 Å². The lowest BCUT2D eigenvalue weighted by Crippen LogP contribution is -2.46. The Morgan fingerprint density at radius 1 is 1.10 bits per heavy atom. The third kappa shape index (κ3) is 3.77. The molecule has 0 aliphatic carbocycles. The molecule has 4 nitrogen and oxygen atoms in total. The largest absolute Gasteiger partial charge is 0.480 e. The Morgan fingerprint density at radius 2 is 1.62 bits per heavy atom. The fourth-order valence-corrected chi connectivity index (χ4v) is 2.97. The van der Waals surface area contributed by atoms with Crippen LogP contribution in [0.1, 0.15) is 12.5 Å². The van der Waals surface area contributed by atoms with Gasteiger partial charge in [0.1, 0.15) is 5.54 Å². The van der Waals surface area contributed by atoms with Crippen LogP contribution in [-0.4, -0.2) is 20.8 Å². The molecule has 0 fully saturated rings. The first-order valence-corrected chi connectivity index (χ1v) is 7.63. The summed E-state index contributed by atoms with van der Waals surface area (Å²) in [5, 5.41) is 9.02. The lowest BCUT2D eigenvalue weighted by atomic mass is 9.94. The topological polar surface area (TPSA) is 80.4 Å². The van der Waals surface area contributed by atoms with Crippen molar-refractivity contribution >= 4 is 16.8 Å². The number of carboxylic acids is 1. The third-order valence-electron chi connectivity index (χ3n) is 3.15. The molecule has 0 spiro atoms. The fourth-order valence-electron chi connectivity index (χ4n) is 1.91. The van der Waals surface area contributed by atoms with Crippen LogP contribution in [0.2, 0.25) is 0 Å². The predicted molar refractivity (Wildman–Crippen MR) is 81.5 cm³/mol. The highest BCUT2D eigenvalue weighted by Gasteiger charge is 2.27. The smallest absolute Gasteiger partial charge is 0.323 e. The number of hydrogen-bond donors (Lipinski definition) is 2. The first-order valence-electron chi connectivity index (χ1n) is 6.48. The van der Waals surface area contributed by atoms with Gasteiger partial charge in [0, 0.05) is 16.2 Å². The molecular weight excluding hydrogens is 286 g/mol. The van der Waals surface area contributed by atoms with Gasteiger partial charge in [-0.25, -0.2) is 4.21 Å². The Labute approximate surface area is 126 Å². The fraction of sp³-hybridized carbons (Fsp3) is 0.188. The molecule has 1 unspecified atom stereocenters. The van der Waals surface area contributed by atoms with Gasteiger partial charge in [-0.15, -0.1) is 0 Å². The summed E-state index contributed by atoms with van der Waals surface area (Å²) in [6, 6.07) is 16.2. The second kappa shape index (κ2) is 6.20. The molecule has 0 saturated heterocycles. The van der Waals surface area contributed by atoms with Gasteiger partial charge in [-0.05, 0) is 36.8 Å². The molecule has 2 aromatic carbocycles. The molecule has 0 heterocycles. The first-order chi connectivity index (χ1) is 9.90. The van der Waals surface area contributed by atoms with Gasteiger partial charge >= 0.3 is 5.97 Å². The van der Waals surface area contributed by atoms with E-state index in [-0.39, 0.29) is 6.42 Å². The lowest BCUT2D eigenvalue weighted by molar-refractivity contribution is -0.142. The number of hydrogen-bond acceptors (Lipinski definition) is 3. The number of carbonyl (C=O) groups is 1. The van der Waals surface area contributed by atoms with Gasteiger partial charge < -0.3 is 10.8 Å². The van der Waals surface area contributed by atoms with Crippen LogP contribution in [0.3, 0.4) is 0 Å². The normalized spacial score (nSPS) is 15.1. The molecule has 2 aromatic rings. The van der Waals surface area contributed by atoms with E-state index in [0.29, 0.717) is 4.90 Å². The molecular formula is C16H17NO3S. The van der Waals surface area contributed by atoms with Crippen LogP contribution in [0.5, 0.6) is 0 Å². The molecule has 0 aliphatic heterocycles. The number of rotatable bonds is 5. The molecule has 5 heteroatoms. The zero-order valence-electron chi connectivity index (χ0n) is 11.7. The molecule has 0 aromatic heterocycles. The van der Waals surface area contributed by atoms with Crippen molar-refractivity contribution in [3.63, 3.8) is 0 Å². The van der Waals surface area contributed by atoms with Crippen LogP contribution in [0.15, 0.2) is 64.4 Å². The van der Waals surface area contributed by atoms with Crippen LogP contribution in [0, 0.1) is 0 Å². The maximum Gasteiger partial charge on any atom is 0.323 e. The number of aliphatic carboxylic acids is 1. The molecule has 3 N–H and O–H groups in total. The molecule has 0 bridgehead atoms. The molecule has 2 rings (SSSR count). The van der Waals surface area contributed by atoms with Gasteiger partial charge in [-0.3, -0.25) is 4.79 Å². The van der Waals surface area contributed by atoms with Crippen molar-refractivity contribution in [2.75, 3.05) is 0 Å². The van der Waals surface area contributed by atoms with Crippen molar-refractivity contribution in [3.05, 3.63) is 60.2 Å². The van der Waals surface area contributed by atoms with Crippen LogP contribution in [0.25, 0.3) is 0 Å². The monoisotopic (exact) mass is 303 g/mol. The lowest BCUT2D eigenvalue weighted by Gasteiger charge is -2.19. The van der Waals surface area contributed by atoms with Gasteiger partial charge in [0.15, 0.2) is 0 Å². The SMILES string of the molecule is C[C@](N)(Cc1ccc(S(=O)c2ccccc2)cc1)C(=O)O. The Bertz CT molecular complexity index is 651. The second-order valence-electron chi connectivity index (χ2n) is 5.13. The Balaban J connectivity index is 2.16. The van der Waals surface area contributed by atoms with E-state index in [1.165, 1.54) is 6.92 Å². The average Bonchev–Trinajstić information content (AvgIpc) is 2.48. The minimum Gasteiger partial charge on any atom is -0.480 e. The first kappa shape index (κ1) is 15.4. The zero-order chi connectivity index (χ0) is 15.5. The van der Waals surface area contributed by atoms with E-state index in [4.69, 9.17) is 10.8 Å². The average molecular weight is 303 g/mol. The van der Waals surface area contributed by atoms with Crippen LogP contribution in [0.4, 0.5) is 0 Å². The third-order valence-corrected chi connectivity index (χ3v) is 4.56. The molecule has 2 atom stereocenters. The van der Waals surface area contributed by atoms with Crippen molar-refractivity contribution in [1.29, 1.82) is 0 Å². The second-order valence-corrected chi connectivity index (χ2v) is 6.61. The Morgan fingerprint density at radius 3 is 2.14 bits per heavy atom. The molecule has 110 valence electrons. The minimum atomic E-state index is -1.31. The number of benzene rings is 2. The Hall–Kier alpha value is -1.98. The van der Waals surface area contributed by atoms with E-state index in [1.54, 1.807) is 24.3 Å². The molecule has 0 radical (unpaired) electrons. The van der Waals surface area contributed by atoms with E-state index < -0.39 is 22.3 Å². The summed E-state index contributed by atoms with van der Waals surface area (Å²) in [4.78, 5) is 12.4. The summed E-state index contributed by atoms with van der Waals surface area (Å²) in [5.41, 5.74) is 5.22. The van der Waals surface area contributed by atoms with E-state index in [0.717, 1.165) is 10.5 Å². The summed E-state index contributed by atoms with van der Waals surface area (Å²) < 4.78 is 12.3. The van der Waals surface area contributed by atoms with Crippen LogP contribution >= 0.6 is 0 Å². The maximum absolute atomic E-state index is 12.3. The Kier molecular flexibility index (Phi) is 4.55. The van der Waals surface area contributed by atoms with Gasteiger partial charge in [0.2, 0.25) is 0 Å². The van der Waals surface area contributed by atoms with Crippen molar-refractivity contribution in [2.24, 2.45) is 5.73 Å². The van der Waals surface area contributed by atoms with Crippen molar-refractivity contribution in [2.45, 2.75) is 28.7 Å². The zero-order valence-corrected chi connectivity index (χ0v) is 12.5. The van der Waals surface area contributed by atoms with Crippen LogP contribution in [-0.2, 0) is 22.0 Å². The summed E-state index contributed by atoms with van der Waals surface area (Å²) in [6.45, 7) is 1.48. The minimum absolute atomic E-state index is 0.223. The van der Waals surface area contributed by atoms with Gasteiger partial charge in [0.25, 0.3) is 0 Å². The summed E-state index contributed by atoms with van der Waals surface area (Å²) in [5.74, 6) is -1.04. The predicted octanol–water partition coefficient (Wildman–Crippen LogP) is 2.20. The molecule has 0 saturated carbocycles. The van der Waals surface area contributed by atoms with Gasteiger partial charge in [-0.2, -0.15) is 0 Å². The van der Waals surface area contributed by atoms with E-state index in [9.17, 15) is 9.00 Å². The van der Waals surface area contributed by atoms with Crippen molar-refractivity contribution in [1.82, 2.24) is 0 Å². The summed E-state index contributed by atoms with van der Waals surface area (Å²) >= 11 is 0. The molecule has 0 amide bonds. The van der Waals surface area contributed by atoms with Crippen molar-refractivity contribution in [3.8, 4) is 0 Å².